The molecular weight excluding hydrogens is 643 g/mol. The van der Waals surface area contributed by atoms with Crippen molar-refractivity contribution in [3.63, 3.8) is 0 Å². The Morgan fingerprint density at radius 3 is 1.44 bits per heavy atom. The summed E-state index contributed by atoms with van der Waals surface area (Å²) in [6.07, 6.45) is 6.64. The van der Waals surface area contributed by atoms with Crippen molar-refractivity contribution in [3.8, 4) is 17.1 Å². The highest BCUT2D eigenvalue weighted by Gasteiger charge is 2.37. The van der Waals surface area contributed by atoms with Crippen LogP contribution in [0.5, 0.6) is 5.75 Å². The molecule has 9 aromatic rings. The molecule has 0 saturated carbocycles. The first kappa shape index (κ1) is 28.7. The zero-order valence-corrected chi connectivity index (χ0v) is 27.8. The van der Waals surface area contributed by atoms with Gasteiger partial charge in [0.25, 0.3) is 0 Å². The van der Waals surface area contributed by atoms with Crippen molar-refractivity contribution in [1.82, 2.24) is 30.0 Å². The summed E-state index contributed by atoms with van der Waals surface area (Å²) in [5.41, 5.74) is 9.47. The van der Waals surface area contributed by atoms with Crippen LogP contribution in [0.4, 0.5) is 11.4 Å². The minimum absolute atomic E-state index is 0.0971. The van der Waals surface area contributed by atoms with Gasteiger partial charge in [0, 0.05) is 33.9 Å². The maximum absolute atomic E-state index is 6.90. The average molecular weight is 672 g/mol. The highest BCUT2D eigenvalue weighted by atomic mass is 16.5. The number of anilines is 2. The lowest BCUT2D eigenvalue weighted by atomic mass is 9.85. The third-order valence-corrected chi connectivity index (χ3v) is 10.2. The van der Waals surface area contributed by atoms with Gasteiger partial charge in [0.2, 0.25) is 0 Å². The van der Waals surface area contributed by atoms with Crippen LogP contribution in [-0.2, 0) is 0 Å². The normalized spacial score (nSPS) is 16.3. The molecule has 0 spiro atoms. The summed E-state index contributed by atoms with van der Waals surface area (Å²) < 4.78 is 6.90. The highest BCUT2D eigenvalue weighted by molar-refractivity contribution is 6.13. The lowest BCUT2D eigenvalue weighted by Gasteiger charge is -2.30. The van der Waals surface area contributed by atoms with E-state index in [0.29, 0.717) is 0 Å². The number of hydrogen-bond donors (Lipinski definition) is 0. The Kier molecular flexibility index (Phi) is 6.21. The quantitative estimate of drug-likeness (QED) is 0.170. The molecule has 2 aromatic heterocycles. The number of fused-ring (bicyclic) bond motifs is 10. The molecule has 246 valence electrons. The van der Waals surface area contributed by atoms with E-state index in [1.165, 1.54) is 21.7 Å². The lowest BCUT2D eigenvalue weighted by Crippen LogP contribution is -2.24. The van der Waals surface area contributed by atoms with Gasteiger partial charge in [0.05, 0.1) is 11.4 Å². The maximum Gasteiger partial charge on any atom is 0.132 e. The smallest absolute Gasteiger partial charge is 0.132 e. The van der Waals surface area contributed by atoms with E-state index >= 15 is 0 Å². The monoisotopic (exact) mass is 671 g/mol. The Hall–Kier alpha value is -7.06. The van der Waals surface area contributed by atoms with Crippen molar-refractivity contribution in [2.45, 2.75) is 12.0 Å². The summed E-state index contributed by atoms with van der Waals surface area (Å²) in [4.78, 5) is 5.65. The Morgan fingerprint density at radius 2 is 0.923 bits per heavy atom. The second-order valence-corrected chi connectivity index (χ2v) is 13.2. The second-order valence-electron chi connectivity index (χ2n) is 13.2. The first-order valence-corrected chi connectivity index (χ1v) is 17.4. The average Bonchev–Trinajstić information content (AvgIpc) is 3.94. The third kappa shape index (κ3) is 4.47. The predicted molar refractivity (Wildman–Crippen MR) is 206 cm³/mol. The van der Waals surface area contributed by atoms with E-state index in [4.69, 9.17) is 25.1 Å². The van der Waals surface area contributed by atoms with Gasteiger partial charge in [-0.05, 0) is 101 Å². The number of nitrogens with zero attached hydrogens (tertiary/aromatic N) is 7. The molecule has 2 atom stereocenters. The van der Waals surface area contributed by atoms with Crippen molar-refractivity contribution < 1.29 is 4.74 Å². The zero-order chi connectivity index (χ0) is 34.2. The van der Waals surface area contributed by atoms with Crippen LogP contribution in [0.3, 0.4) is 0 Å². The predicted octanol–water partition coefficient (Wildman–Crippen LogP) is 9.60. The van der Waals surface area contributed by atoms with Gasteiger partial charge in [-0.3, -0.25) is 0 Å². The van der Waals surface area contributed by atoms with E-state index in [-0.39, 0.29) is 12.0 Å². The van der Waals surface area contributed by atoms with Crippen LogP contribution in [0.1, 0.15) is 11.5 Å². The number of allylic oxidation sites excluding steroid dienone is 1. The Balaban J connectivity index is 1.00. The van der Waals surface area contributed by atoms with E-state index in [9.17, 15) is 0 Å². The first-order valence-electron chi connectivity index (χ1n) is 17.4. The molecule has 1 aliphatic carbocycles. The summed E-state index contributed by atoms with van der Waals surface area (Å²) >= 11 is 0. The second kappa shape index (κ2) is 11.2. The van der Waals surface area contributed by atoms with Crippen molar-refractivity contribution in [2.75, 3.05) is 4.90 Å². The molecule has 11 rings (SSSR count). The molecule has 1 aliphatic heterocycles. The summed E-state index contributed by atoms with van der Waals surface area (Å²) in [6.45, 7) is 0. The van der Waals surface area contributed by atoms with Crippen LogP contribution in [0, 0.1) is 0 Å². The molecule has 0 fully saturated rings. The van der Waals surface area contributed by atoms with Crippen molar-refractivity contribution in [2.24, 2.45) is 0 Å². The van der Waals surface area contributed by atoms with Crippen LogP contribution < -0.4 is 9.64 Å². The Labute approximate surface area is 298 Å². The van der Waals surface area contributed by atoms with Crippen LogP contribution in [0.2, 0.25) is 0 Å². The van der Waals surface area contributed by atoms with E-state index < -0.39 is 0 Å². The van der Waals surface area contributed by atoms with E-state index in [0.717, 1.165) is 61.6 Å². The number of ether oxygens (including phenoxy) is 1. The Bertz CT molecular complexity index is 2720. The van der Waals surface area contributed by atoms with Crippen LogP contribution >= 0.6 is 0 Å². The van der Waals surface area contributed by atoms with Crippen LogP contribution in [0.25, 0.3) is 55.0 Å². The standard InChI is InChI=1S/C44H29N7O/c1-3-11-35-33(9-1)34-10-2-4-12-36(34)44-43(35)37-26-25-32(27-42(37)52-44)49(28-17-21-30(22-18-28)50-45-38-13-5-6-14-39(38)46-50)29-19-23-31(24-20-29)51-47-40-15-7-8-16-41(40)48-51/h1-27,37,42H. The first-order chi connectivity index (χ1) is 25.7. The SMILES string of the molecule is C1=CC2c3c(c4ccccc4c4ccccc34)OC2C=C1N(c1ccc(-n2nc3ccccc3n2)cc1)c1ccc(-n2nc3ccccc3n2)cc1. The minimum Gasteiger partial charge on any atom is -0.484 e. The third-order valence-electron chi connectivity index (χ3n) is 10.2. The van der Waals surface area contributed by atoms with Gasteiger partial charge in [-0.2, -0.15) is 9.59 Å². The van der Waals surface area contributed by atoms with Gasteiger partial charge in [-0.15, -0.1) is 20.4 Å². The Morgan fingerprint density at radius 1 is 0.481 bits per heavy atom. The van der Waals surface area contributed by atoms with E-state index in [1.807, 2.05) is 48.5 Å². The number of aromatic nitrogens is 6. The number of benzene rings is 7. The summed E-state index contributed by atoms with van der Waals surface area (Å²) in [5, 5.41) is 23.7. The molecule has 7 aromatic carbocycles. The topological polar surface area (TPSA) is 73.9 Å². The lowest BCUT2D eigenvalue weighted by molar-refractivity contribution is 0.270. The molecule has 8 nitrogen and oxygen atoms in total. The van der Waals surface area contributed by atoms with Gasteiger partial charge in [-0.1, -0.05) is 78.9 Å². The van der Waals surface area contributed by atoms with Crippen LogP contribution in [-0.4, -0.2) is 36.1 Å². The maximum atomic E-state index is 6.90. The fraction of sp³-hybridized carbons (Fsp3) is 0.0455. The molecule has 0 radical (unpaired) electrons. The molecule has 8 heteroatoms. The zero-order valence-electron chi connectivity index (χ0n) is 27.8. The van der Waals surface area contributed by atoms with Gasteiger partial charge < -0.3 is 9.64 Å². The number of rotatable bonds is 5. The fourth-order valence-electron chi connectivity index (χ4n) is 7.75. The van der Waals surface area contributed by atoms with Gasteiger partial charge in [0.15, 0.2) is 0 Å². The molecular formula is C44H29N7O. The van der Waals surface area contributed by atoms with Gasteiger partial charge in [-0.25, -0.2) is 0 Å². The van der Waals surface area contributed by atoms with Gasteiger partial charge in [0.1, 0.15) is 33.9 Å². The minimum atomic E-state index is -0.160. The summed E-state index contributed by atoms with van der Waals surface area (Å²) in [6, 6.07) is 49.8. The molecule has 0 N–H and O–H groups in total. The van der Waals surface area contributed by atoms with Crippen molar-refractivity contribution in [3.05, 3.63) is 175 Å². The summed E-state index contributed by atoms with van der Waals surface area (Å²) in [7, 11) is 0. The van der Waals surface area contributed by atoms with Gasteiger partial charge >= 0.3 is 0 Å². The molecule has 3 heterocycles. The van der Waals surface area contributed by atoms with Crippen molar-refractivity contribution >= 4 is 55.0 Å². The van der Waals surface area contributed by atoms with Crippen molar-refractivity contribution in [1.29, 1.82) is 0 Å². The molecule has 2 unspecified atom stereocenters. The highest BCUT2D eigenvalue weighted by Crippen LogP contribution is 2.50. The molecule has 52 heavy (non-hydrogen) atoms. The molecule has 0 saturated heterocycles. The molecule has 0 bridgehead atoms. The van der Waals surface area contributed by atoms with E-state index in [2.05, 4.69) is 120 Å². The van der Waals surface area contributed by atoms with E-state index in [1.54, 1.807) is 9.59 Å². The molecule has 2 aliphatic rings. The summed E-state index contributed by atoms with van der Waals surface area (Å²) in [5.74, 6) is 1.07. The fourth-order valence-corrected chi connectivity index (χ4v) is 7.75. The van der Waals surface area contributed by atoms with Crippen LogP contribution in [0.15, 0.2) is 170 Å². The number of hydrogen-bond acceptors (Lipinski definition) is 6. The molecule has 0 amide bonds. The largest absolute Gasteiger partial charge is 0.484 e.